The number of piperazine rings is 1. The average Bonchev–Trinajstić information content (AvgIpc) is 2.39. The number of rotatable bonds is 6. The van der Waals surface area contributed by atoms with Crippen LogP contribution in [0.2, 0.25) is 0 Å². The molecule has 1 aliphatic rings. The third kappa shape index (κ3) is 4.18. The Morgan fingerprint density at radius 1 is 1.26 bits per heavy atom. The molecule has 19 heavy (non-hydrogen) atoms. The molecular weight excluding hydrogens is 248 g/mol. The van der Waals surface area contributed by atoms with Crippen LogP contribution in [0.1, 0.15) is 26.7 Å². The lowest BCUT2D eigenvalue weighted by Crippen LogP contribution is -2.57. The summed E-state index contributed by atoms with van der Waals surface area (Å²) in [6, 6.07) is -0.645. The molecule has 6 heteroatoms. The van der Waals surface area contributed by atoms with Crippen molar-refractivity contribution in [1.82, 2.24) is 9.80 Å². The second kappa shape index (κ2) is 7.45. The van der Waals surface area contributed by atoms with Crippen LogP contribution in [0.25, 0.3) is 0 Å². The molecule has 1 heterocycles. The van der Waals surface area contributed by atoms with Crippen LogP contribution in [0.4, 0.5) is 0 Å². The van der Waals surface area contributed by atoms with Gasteiger partial charge in [0.25, 0.3) is 0 Å². The highest BCUT2D eigenvalue weighted by Crippen LogP contribution is 2.13. The number of methoxy groups -OCH3 is 1. The number of hydrogen-bond donors (Lipinski definition) is 1. The SMILES string of the molecule is CCCC(=O)N1CCN(C(C(=O)O)C(C)OC)CC1. The summed E-state index contributed by atoms with van der Waals surface area (Å²) in [7, 11) is 1.52. The van der Waals surface area contributed by atoms with Crippen molar-refractivity contribution in [2.45, 2.75) is 38.8 Å². The molecule has 2 unspecified atom stereocenters. The van der Waals surface area contributed by atoms with Crippen LogP contribution in [0, 0.1) is 0 Å². The van der Waals surface area contributed by atoms with E-state index in [0.717, 1.165) is 6.42 Å². The fourth-order valence-electron chi connectivity index (χ4n) is 2.40. The third-order valence-electron chi connectivity index (χ3n) is 3.59. The molecule has 1 N–H and O–H groups in total. The van der Waals surface area contributed by atoms with Gasteiger partial charge in [0.05, 0.1) is 6.10 Å². The molecule has 6 nitrogen and oxygen atoms in total. The van der Waals surface area contributed by atoms with E-state index in [1.165, 1.54) is 7.11 Å². The smallest absolute Gasteiger partial charge is 0.323 e. The molecular formula is C13H24N2O4. The number of carbonyl (C=O) groups is 2. The molecule has 110 valence electrons. The van der Waals surface area contributed by atoms with E-state index in [2.05, 4.69) is 0 Å². The lowest BCUT2D eigenvalue weighted by molar-refractivity contribution is -0.150. The maximum atomic E-state index is 11.8. The number of carbonyl (C=O) groups excluding carboxylic acids is 1. The average molecular weight is 272 g/mol. The minimum Gasteiger partial charge on any atom is -0.480 e. The maximum Gasteiger partial charge on any atom is 0.323 e. The first-order valence-corrected chi connectivity index (χ1v) is 6.78. The summed E-state index contributed by atoms with van der Waals surface area (Å²) in [5, 5.41) is 9.28. The van der Waals surface area contributed by atoms with Gasteiger partial charge >= 0.3 is 5.97 Å². The van der Waals surface area contributed by atoms with E-state index in [1.54, 1.807) is 6.92 Å². The summed E-state index contributed by atoms with van der Waals surface area (Å²) in [5.74, 6) is -0.712. The largest absolute Gasteiger partial charge is 0.480 e. The van der Waals surface area contributed by atoms with Crippen molar-refractivity contribution >= 4 is 11.9 Å². The first kappa shape index (κ1) is 15.9. The molecule has 0 aromatic carbocycles. The number of amides is 1. The van der Waals surface area contributed by atoms with Gasteiger partial charge in [0.2, 0.25) is 5.91 Å². The maximum absolute atomic E-state index is 11.8. The van der Waals surface area contributed by atoms with Gasteiger partial charge in [-0.2, -0.15) is 0 Å². The van der Waals surface area contributed by atoms with Gasteiger partial charge in [-0.15, -0.1) is 0 Å². The first-order chi connectivity index (χ1) is 9.01. The molecule has 0 radical (unpaired) electrons. The summed E-state index contributed by atoms with van der Waals surface area (Å²) >= 11 is 0. The number of carboxylic acid groups (broad SMARTS) is 1. The lowest BCUT2D eigenvalue weighted by Gasteiger charge is -2.39. The van der Waals surface area contributed by atoms with E-state index in [1.807, 2.05) is 16.7 Å². The highest BCUT2D eigenvalue weighted by atomic mass is 16.5. The zero-order chi connectivity index (χ0) is 14.4. The lowest BCUT2D eigenvalue weighted by atomic mass is 10.1. The van der Waals surface area contributed by atoms with E-state index in [4.69, 9.17) is 4.74 Å². The Hall–Kier alpha value is -1.14. The third-order valence-corrected chi connectivity index (χ3v) is 3.59. The van der Waals surface area contributed by atoms with Crippen molar-refractivity contribution in [2.75, 3.05) is 33.3 Å². The van der Waals surface area contributed by atoms with Gasteiger partial charge in [-0.05, 0) is 13.3 Å². The van der Waals surface area contributed by atoms with Crippen molar-refractivity contribution in [2.24, 2.45) is 0 Å². The van der Waals surface area contributed by atoms with Crippen LogP contribution < -0.4 is 0 Å². The Kier molecular flexibility index (Phi) is 6.24. The molecule has 0 spiro atoms. The van der Waals surface area contributed by atoms with Crippen LogP contribution in [-0.4, -0.2) is 72.2 Å². The van der Waals surface area contributed by atoms with Crippen molar-refractivity contribution in [3.8, 4) is 0 Å². The number of hydrogen-bond acceptors (Lipinski definition) is 4. The van der Waals surface area contributed by atoms with Gasteiger partial charge in [-0.25, -0.2) is 0 Å². The van der Waals surface area contributed by atoms with Crippen molar-refractivity contribution in [3.63, 3.8) is 0 Å². The number of nitrogens with zero attached hydrogens (tertiary/aromatic N) is 2. The van der Waals surface area contributed by atoms with Crippen LogP contribution in [0.15, 0.2) is 0 Å². The predicted molar refractivity (Wildman–Crippen MR) is 71.0 cm³/mol. The molecule has 1 aliphatic heterocycles. The second-order valence-electron chi connectivity index (χ2n) is 4.89. The molecule has 0 aromatic rings. The molecule has 0 aromatic heterocycles. The normalized spacial score (nSPS) is 20.1. The van der Waals surface area contributed by atoms with Gasteiger partial charge in [-0.1, -0.05) is 6.92 Å². The molecule has 0 bridgehead atoms. The second-order valence-corrected chi connectivity index (χ2v) is 4.89. The Bertz CT molecular complexity index is 314. The van der Waals surface area contributed by atoms with E-state index in [-0.39, 0.29) is 12.0 Å². The molecule has 1 amide bonds. The fourth-order valence-corrected chi connectivity index (χ4v) is 2.40. The topological polar surface area (TPSA) is 70.1 Å². The zero-order valence-electron chi connectivity index (χ0n) is 12.0. The van der Waals surface area contributed by atoms with Crippen LogP contribution in [0.3, 0.4) is 0 Å². The summed E-state index contributed by atoms with van der Waals surface area (Å²) < 4.78 is 5.14. The van der Waals surface area contributed by atoms with Crippen LogP contribution in [0.5, 0.6) is 0 Å². The molecule has 2 atom stereocenters. The first-order valence-electron chi connectivity index (χ1n) is 6.78. The Morgan fingerprint density at radius 2 is 1.84 bits per heavy atom. The summed E-state index contributed by atoms with van der Waals surface area (Å²) in [4.78, 5) is 26.8. The number of aliphatic carboxylic acids is 1. The number of carboxylic acids is 1. The van der Waals surface area contributed by atoms with Gasteiger partial charge in [0.1, 0.15) is 6.04 Å². The van der Waals surface area contributed by atoms with E-state index in [9.17, 15) is 14.7 Å². The monoisotopic (exact) mass is 272 g/mol. The zero-order valence-corrected chi connectivity index (χ0v) is 12.0. The molecule has 1 saturated heterocycles. The molecule has 0 saturated carbocycles. The van der Waals surface area contributed by atoms with Gasteiger partial charge in [0.15, 0.2) is 0 Å². The van der Waals surface area contributed by atoms with Crippen LogP contribution >= 0.6 is 0 Å². The molecule has 0 aliphatic carbocycles. The fraction of sp³-hybridized carbons (Fsp3) is 0.846. The Labute approximate surface area is 114 Å². The summed E-state index contributed by atoms with van der Waals surface area (Å²) in [6.07, 6.45) is 1.05. The van der Waals surface area contributed by atoms with Gasteiger partial charge < -0.3 is 14.7 Å². The Balaban J connectivity index is 2.56. The van der Waals surface area contributed by atoms with Crippen molar-refractivity contribution in [3.05, 3.63) is 0 Å². The van der Waals surface area contributed by atoms with Crippen molar-refractivity contribution in [1.29, 1.82) is 0 Å². The highest BCUT2D eigenvalue weighted by molar-refractivity contribution is 5.76. The van der Waals surface area contributed by atoms with Gasteiger partial charge in [-0.3, -0.25) is 14.5 Å². The standard InChI is InChI=1S/C13H24N2O4/c1-4-5-11(16)14-6-8-15(9-7-14)12(13(17)18)10(2)19-3/h10,12H,4-9H2,1-3H3,(H,17,18). The van der Waals surface area contributed by atoms with Crippen LogP contribution in [-0.2, 0) is 14.3 Å². The predicted octanol–water partition coefficient (Wildman–Crippen LogP) is 0.419. The van der Waals surface area contributed by atoms with E-state index < -0.39 is 12.0 Å². The number of ether oxygens (including phenoxy) is 1. The van der Waals surface area contributed by atoms with Gasteiger partial charge in [0, 0.05) is 39.7 Å². The summed E-state index contributed by atoms with van der Waals surface area (Å²) in [6.45, 7) is 6.10. The minimum atomic E-state index is -0.873. The molecule has 1 fully saturated rings. The van der Waals surface area contributed by atoms with E-state index in [0.29, 0.717) is 32.6 Å². The van der Waals surface area contributed by atoms with E-state index >= 15 is 0 Å². The Morgan fingerprint density at radius 3 is 2.26 bits per heavy atom. The minimum absolute atomic E-state index is 0.161. The summed E-state index contributed by atoms with van der Waals surface area (Å²) in [5.41, 5.74) is 0. The van der Waals surface area contributed by atoms with Crippen molar-refractivity contribution < 1.29 is 19.4 Å². The highest BCUT2D eigenvalue weighted by Gasteiger charge is 2.34. The molecule has 1 rings (SSSR count). The quantitative estimate of drug-likeness (QED) is 0.759.